The van der Waals surface area contributed by atoms with E-state index in [4.69, 9.17) is 4.74 Å². The Morgan fingerprint density at radius 1 is 1.45 bits per heavy atom. The van der Waals surface area contributed by atoms with Gasteiger partial charge in [0.2, 0.25) is 0 Å². The fourth-order valence-corrected chi connectivity index (χ4v) is 0.710. The summed E-state index contributed by atoms with van der Waals surface area (Å²) in [6.07, 6.45) is 1.58. The molecule has 1 aromatic rings. The molecule has 0 N–H and O–H groups in total. The molecule has 0 aliphatic rings. The molecule has 0 atom stereocenters. The molecule has 0 aromatic heterocycles. The lowest BCUT2D eigenvalue weighted by molar-refractivity contribution is 0.342. The predicted molar refractivity (Wildman–Crippen MR) is 42.1 cm³/mol. The Bertz CT molecular complexity index is 245. The summed E-state index contributed by atoms with van der Waals surface area (Å²) in [5, 5.41) is 0. The highest BCUT2D eigenvalue weighted by molar-refractivity contribution is 5.23. The number of rotatable bonds is 3. The van der Waals surface area contributed by atoms with Gasteiger partial charge in [0, 0.05) is 0 Å². The molecule has 2 heteroatoms. The molecule has 0 saturated heterocycles. The summed E-state index contributed by atoms with van der Waals surface area (Å²) in [6, 6.07) is 6.29. The minimum atomic E-state index is -0.339. The molecule has 1 nitrogen and oxygen atoms in total. The zero-order valence-electron chi connectivity index (χ0n) is 6.09. The van der Waals surface area contributed by atoms with E-state index in [-0.39, 0.29) is 11.6 Å². The molecule has 0 saturated carbocycles. The van der Waals surface area contributed by atoms with E-state index in [0.717, 1.165) is 0 Å². The Labute approximate surface area is 65.1 Å². The summed E-state index contributed by atoms with van der Waals surface area (Å²) >= 11 is 0. The van der Waals surface area contributed by atoms with Crippen molar-refractivity contribution in [1.29, 1.82) is 0 Å². The van der Waals surface area contributed by atoms with Crippen LogP contribution in [0.5, 0.6) is 5.75 Å². The zero-order valence-corrected chi connectivity index (χ0v) is 6.09. The standard InChI is InChI=1S/C9H9FO/c1-2-7-11-9-6-4-3-5-8(9)10/h2-6H,1,7H2. The van der Waals surface area contributed by atoms with E-state index in [0.29, 0.717) is 6.61 Å². The van der Waals surface area contributed by atoms with Crippen LogP contribution in [-0.2, 0) is 0 Å². The van der Waals surface area contributed by atoms with E-state index in [2.05, 4.69) is 6.58 Å². The fraction of sp³-hybridized carbons (Fsp3) is 0.111. The summed E-state index contributed by atoms with van der Waals surface area (Å²) in [5.41, 5.74) is 0. The fourth-order valence-electron chi connectivity index (χ4n) is 0.710. The van der Waals surface area contributed by atoms with Crippen molar-refractivity contribution in [1.82, 2.24) is 0 Å². The van der Waals surface area contributed by atoms with Crippen molar-refractivity contribution in [3.8, 4) is 5.75 Å². The average molecular weight is 152 g/mol. The van der Waals surface area contributed by atoms with Crippen molar-refractivity contribution in [3.05, 3.63) is 42.7 Å². The van der Waals surface area contributed by atoms with E-state index in [1.54, 1.807) is 24.3 Å². The summed E-state index contributed by atoms with van der Waals surface area (Å²) < 4.78 is 17.7. The van der Waals surface area contributed by atoms with Crippen molar-refractivity contribution in [2.24, 2.45) is 0 Å². The molecular formula is C9H9FO. The van der Waals surface area contributed by atoms with Crippen molar-refractivity contribution in [2.45, 2.75) is 0 Å². The van der Waals surface area contributed by atoms with Crippen LogP contribution in [0.3, 0.4) is 0 Å². The number of benzene rings is 1. The number of ether oxygens (including phenoxy) is 1. The van der Waals surface area contributed by atoms with Crippen LogP contribution in [0.2, 0.25) is 0 Å². The van der Waals surface area contributed by atoms with Gasteiger partial charge in [-0.2, -0.15) is 0 Å². The normalized spacial score (nSPS) is 9.18. The Morgan fingerprint density at radius 3 is 2.82 bits per heavy atom. The van der Waals surface area contributed by atoms with Gasteiger partial charge in [-0.3, -0.25) is 0 Å². The molecule has 0 fully saturated rings. The summed E-state index contributed by atoms with van der Waals surface area (Å²) in [7, 11) is 0. The predicted octanol–water partition coefficient (Wildman–Crippen LogP) is 2.39. The summed E-state index contributed by atoms with van der Waals surface area (Å²) in [4.78, 5) is 0. The third-order valence-corrected chi connectivity index (χ3v) is 1.19. The molecule has 0 radical (unpaired) electrons. The van der Waals surface area contributed by atoms with Gasteiger partial charge in [-0.05, 0) is 12.1 Å². The molecule has 0 aliphatic carbocycles. The molecule has 11 heavy (non-hydrogen) atoms. The Morgan fingerprint density at radius 2 is 2.18 bits per heavy atom. The molecule has 0 heterocycles. The Kier molecular flexibility index (Phi) is 2.66. The second-order valence-electron chi connectivity index (χ2n) is 2.03. The number of hydrogen-bond donors (Lipinski definition) is 0. The number of para-hydroxylation sites is 1. The average Bonchev–Trinajstić information content (AvgIpc) is 2.03. The van der Waals surface area contributed by atoms with Gasteiger partial charge in [0.25, 0.3) is 0 Å². The van der Waals surface area contributed by atoms with Crippen LogP contribution in [0.25, 0.3) is 0 Å². The van der Waals surface area contributed by atoms with Crippen LogP contribution in [0.1, 0.15) is 0 Å². The highest BCUT2D eigenvalue weighted by atomic mass is 19.1. The Hall–Kier alpha value is -1.31. The van der Waals surface area contributed by atoms with E-state index < -0.39 is 0 Å². The van der Waals surface area contributed by atoms with Crippen LogP contribution in [0.15, 0.2) is 36.9 Å². The first-order valence-electron chi connectivity index (χ1n) is 3.33. The maximum absolute atomic E-state index is 12.8. The van der Waals surface area contributed by atoms with Crippen LogP contribution in [0.4, 0.5) is 4.39 Å². The van der Waals surface area contributed by atoms with Crippen molar-refractivity contribution in [2.75, 3.05) is 6.61 Å². The van der Waals surface area contributed by atoms with Gasteiger partial charge in [0.05, 0.1) is 0 Å². The molecular weight excluding hydrogens is 143 g/mol. The topological polar surface area (TPSA) is 9.23 Å². The van der Waals surface area contributed by atoms with E-state index >= 15 is 0 Å². The monoisotopic (exact) mass is 152 g/mol. The van der Waals surface area contributed by atoms with E-state index in [1.807, 2.05) is 0 Å². The minimum absolute atomic E-state index is 0.271. The van der Waals surface area contributed by atoms with E-state index in [1.165, 1.54) is 6.07 Å². The van der Waals surface area contributed by atoms with Crippen LogP contribution < -0.4 is 4.74 Å². The van der Waals surface area contributed by atoms with E-state index in [9.17, 15) is 4.39 Å². The maximum atomic E-state index is 12.8. The highest BCUT2D eigenvalue weighted by Gasteiger charge is 1.97. The van der Waals surface area contributed by atoms with Gasteiger partial charge >= 0.3 is 0 Å². The largest absolute Gasteiger partial charge is 0.486 e. The van der Waals surface area contributed by atoms with Crippen molar-refractivity contribution < 1.29 is 9.13 Å². The second-order valence-corrected chi connectivity index (χ2v) is 2.03. The Balaban J connectivity index is 2.69. The lowest BCUT2D eigenvalue weighted by Crippen LogP contribution is -1.94. The SMILES string of the molecule is C=CCOc1ccccc1F. The van der Waals surface area contributed by atoms with Gasteiger partial charge in [-0.15, -0.1) is 0 Å². The lowest BCUT2D eigenvalue weighted by Gasteiger charge is -2.02. The molecule has 1 rings (SSSR count). The zero-order chi connectivity index (χ0) is 8.10. The molecule has 0 aliphatic heterocycles. The first-order chi connectivity index (χ1) is 5.34. The third-order valence-electron chi connectivity index (χ3n) is 1.19. The maximum Gasteiger partial charge on any atom is 0.165 e. The number of hydrogen-bond acceptors (Lipinski definition) is 1. The van der Waals surface area contributed by atoms with Crippen molar-refractivity contribution in [3.63, 3.8) is 0 Å². The molecule has 1 aromatic carbocycles. The van der Waals surface area contributed by atoms with Crippen LogP contribution in [0, 0.1) is 5.82 Å². The molecule has 0 unspecified atom stereocenters. The first-order valence-corrected chi connectivity index (χ1v) is 3.33. The van der Waals surface area contributed by atoms with Crippen LogP contribution in [-0.4, -0.2) is 6.61 Å². The lowest BCUT2D eigenvalue weighted by atomic mass is 10.3. The van der Waals surface area contributed by atoms with Gasteiger partial charge < -0.3 is 4.74 Å². The second kappa shape index (κ2) is 3.76. The molecule has 0 bridgehead atoms. The van der Waals surface area contributed by atoms with Gasteiger partial charge in [-0.1, -0.05) is 24.8 Å². The smallest absolute Gasteiger partial charge is 0.165 e. The molecule has 0 spiro atoms. The molecule has 0 amide bonds. The first kappa shape index (κ1) is 7.79. The van der Waals surface area contributed by atoms with Crippen molar-refractivity contribution >= 4 is 0 Å². The molecule has 58 valence electrons. The number of halogens is 1. The quantitative estimate of drug-likeness (QED) is 0.604. The summed E-state index contributed by atoms with van der Waals surface area (Å²) in [6.45, 7) is 3.79. The minimum Gasteiger partial charge on any atom is -0.486 e. The highest BCUT2D eigenvalue weighted by Crippen LogP contribution is 2.14. The van der Waals surface area contributed by atoms with Gasteiger partial charge in [0.15, 0.2) is 11.6 Å². The van der Waals surface area contributed by atoms with Gasteiger partial charge in [0.1, 0.15) is 6.61 Å². The van der Waals surface area contributed by atoms with Gasteiger partial charge in [-0.25, -0.2) is 4.39 Å². The van der Waals surface area contributed by atoms with Crippen LogP contribution >= 0.6 is 0 Å². The third kappa shape index (κ3) is 2.08. The summed E-state index contributed by atoms with van der Waals surface area (Å²) in [5.74, 6) is -0.0678.